The molecule has 1 heterocycles. The summed E-state index contributed by atoms with van der Waals surface area (Å²) in [5, 5.41) is 19.1. The third kappa shape index (κ3) is 1.80. The quantitative estimate of drug-likeness (QED) is 0.559. The lowest BCUT2D eigenvalue weighted by atomic mass is 9.88. The van der Waals surface area contributed by atoms with Crippen LogP contribution < -0.4 is 0 Å². The highest BCUT2D eigenvalue weighted by Crippen LogP contribution is 2.24. The molecule has 1 atom stereocenters. The highest BCUT2D eigenvalue weighted by molar-refractivity contribution is 4.97. The van der Waals surface area contributed by atoms with Crippen LogP contribution in [-0.4, -0.2) is 35.1 Å². The maximum atomic E-state index is 9.74. The number of ether oxygens (including phenoxy) is 1. The van der Waals surface area contributed by atoms with Crippen molar-refractivity contribution in [3.63, 3.8) is 0 Å². The minimum absolute atomic E-state index is 0.486. The fraction of sp³-hybridized carbons (Fsp3) is 0.750. The first-order chi connectivity index (χ1) is 5.19. The lowest BCUT2D eigenvalue weighted by molar-refractivity contribution is -0.116. The Morgan fingerprint density at radius 2 is 2.00 bits per heavy atom. The van der Waals surface area contributed by atoms with Gasteiger partial charge in [-0.05, 0) is 0 Å². The van der Waals surface area contributed by atoms with Crippen molar-refractivity contribution in [1.82, 2.24) is 0 Å². The van der Waals surface area contributed by atoms with Gasteiger partial charge in [-0.3, -0.25) is 0 Å². The Morgan fingerprint density at radius 3 is 2.45 bits per heavy atom. The van der Waals surface area contributed by atoms with Crippen molar-refractivity contribution in [3.8, 4) is 0 Å². The first-order valence-electron chi connectivity index (χ1n) is 3.80. The molecule has 64 valence electrons. The molecule has 1 unspecified atom stereocenters. The van der Waals surface area contributed by atoms with Gasteiger partial charge < -0.3 is 14.9 Å². The van der Waals surface area contributed by atoms with Gasteiger partial charge in [0.2, 0.25) is 0 Å². The third-order valence-electron chi connectivity index (χ3n) is 2.13. The smallest absolute Gasteiger partial charge is 0.101 e. The molecule has 0 saturated carbocycles. The van der Waals surface area contributed by atoms with E-state index in [0.29, 0.717) is 26.1 Å². The molecule has 0 bridgehead atoms. The fourth-order valence-electron chi connectivity index (χ4n) is 1.24. The van der Waals surface area contributed by atoms with Crippen LogP contribution in [0.2, 0.25) is 0 Å². The second-order valence-electron chi connectivity index (χ2n) is 2.90. The summed E-state index contributed by atoms with van der Waals surface area (Å²) in [6.45, 7) is 4.46. The molecule has 1 aliphatic heterocycles. The predicted molar refractivity (Wildman–Crippen MR) is 41.2 cm³/mol. The van der Waals surface area contributed by atoms with Crippen LogP contribution in [-0.2, 0) is 4.74 Å². The monoisotopic (exact) mass is 158 g/mol. The molecule has 2 N–H and O–H groups in total. The number of aliphatic hydroxyl groups is 2. The van der Waals surface area contributed by atoms with E-state index in [1.54, 1.807) is 0 Å². The maximum Gasteiger partial charge on any atom is 0.101 e. The van der Waals surface area contributed by atoms with Crippen molar-refractivity contribution in [1.29, 1.82) is 0 Å². The topological polar surface area (TPSA) is 49.7 Å². The Morgan fingerprint density at radius 1 is 1.45 bits per heavy atom. The summed E-state index contributed by atoms with van der Waals surface area (Å²) in [6, 6.07) is 0. The lowest BCUT2D eigenvalue weighted by Crippen LogP contribution is -2.45. The summed E-state index contributed by atoms with van der Waals surface area (Å²) >= 11 is 0. The molecule has 3 nitrogen and oxygen atoms in total. The number of rotatable bonds is 2. The van der Waals surface area contributed by atoms with Gasteiger partial charge in [-0.1, -0.05) is 6.08 Å². The minimum atomic E-state index is -1.00. The van der Waals surface area contributed by atoms with E-state index in [1.165, 1.54) is 6.08 Å². The second kappa shape index (κ2) is 3.34. The van der Waals surface area contributed by atoms with Gasteiger partial charge in [-0.25, -0.2) is 0 Å². The molecule has 11 heavy (non-hydrogen) atoms. The molecule has 0 aliphatic carbocycles. The Hall–Kier alpha value is -0.380. The SMILES string of the molecule is C=CC(O)C1(O)CCOCC1. The molecule has 0 spiro atoms. The van der Waals surface area contributed by atoms with Crippen molar-refractivity contribution in [3.05, 3.63) is 12.7 Å². The van der Waals surface area contributed by atoms with Gasteiger partial charge in [0.05, 0.1) is 5.60 Å². The molecule has 1 aliphatic rings. The largest absolute Gasteiger partial charge is 0.387 e. The fourth-order valence-corrected chi connectivity index (χ4v) is 1.24. The molecular weight excluding hydrogens is 144 g/mol. The molecule has 0 aromatic carbocycles. The molecular formula is C8H14O3. The summed E-state index contributed by atoms with van der Waals surface area (Å²) in [7, 11) is 0. The van der Waals surface area contributed by atoms with Crippen molar-refractivity contribution in [2.24, 2.45) is 0 Å². The first-order valence-corrected chi connectivity index (χ1v) is 3.80. The van der Waals surface area contributed by atoms with Crippen molar-refractivity contribution in [2.45, 2.75) is 24.5 Å². The Labute approximate surface area is 66.3 Å². The zero-order valence-corrected chi connectivity index (χ0v) is 6.49. The van der Waals surface area contributed by atoms with E-state index in [-0.39, 0.29) is 0 Å². The average molecular weight is 158 g/mol. The zero-order valence-electron chi connectivity index (χ0n) is 6.49. The average Bonchev–Trinajstić information content (AvgIpc) is 2.04. The van der Waals surface area contributed by atoms with E-state index in [1.807, 2.05) is 0 Å². The highest BCUT2D eigenvalue weighted by atomic mass is 16.5. The van der Waals surface area contributed by atoms with Gasteiger partial charge in [0, 0.05) is 26.1 Å². The van der Waals surface area contributed by atoms with Gasteiger partial charge in [-0.15, -0.1) is 6.58 Å². The third-order valence-corrected chi connectivity index (χ3v) is 2.13. The van der Waals surface area contributed by atoms with Gasteiger partial charge in [-0.2, -0.15) is 0 Å². The van der Waals surface area contributed by atoms with Crippen LogP contribution in [0, 0.1) is 0 Å². The lowest BCUT2D eigenvalue weighted by Gasteiger charge is -2.34. The Kier molecular flexibility index (Phi) is 2.65. The van der Waals surface area contributed by atoms with E-state index in [9.17, 15) is 10.2 Å². The van der Waals surface area contributed by atoms with E-state index < -0.39 is 11.7 Å². The van der Waals surface area contributed by atoms with E-state index in [0.717, 1.165) is 0 Å². The van der Waals surface area contributed by atoms with Crippen molar-refractivity contribution >= 4 is 0 Å². The minimum Gasteiger partial charge on any atom is -0.387 e. The van der Waals surface area contributed by atoms with Crippen LogP contribution in [0.15, 0.2) is 12.7 Å². The molecule has 1 fully saturated rings. The van der Waals surface area contributed by atoms with Crippen LogP contribution in [0.25, 0.3) is 0 Å². The summed E-state index contributed by atoms with van der Waals surface area (Å²) in [5.74, 6) is 0. The molecule has 3 heteroatoms. The van der Waals surface area contributed by atoms with Crippen LogP contribution >= 0.6 is 0 Å². The molecule has 1 saturated heterocycles. The molecule has 1 rings (SSSR count). The standard InChI is InChI=1S/C8H14O3/c1-2-7(9)8(10)3-5-11-6-4-8/h2,7,9-10H,1,3-6H2. The van der Waals surface area contributed by atoms with Crippen molar-refractivity contribution < 1.29 is 14.9 Å². The molecule has 0 radical (unpaired) electrons. The summed E-state index contributed by atoms with van der Waals surface area (Å²) in [6.07, 6.45) is 1.51. The first kappa shape index (κ1) is 8.71. The number of hydrogen-bond donors (Lipinski definition) is 2. The Balaban J connectivity index is 2.55. The molecule has 0 aromatic rings. The molecule has 0 aromatic heterocycles. The van der Waals surface area contributed by atoms with Crippen molar-refractivity contribution in [2.75, 3.05) is 13.2 Å². The summed E-state index contributed by atoms with van der Waals surface area (Å²) < 4.78 is 5.05. The van der Waals surface area contributed by atoms with Crippen LogP contribution in [0.5, 0.6) is 0 Å². The van der Waals surface area contributed by atoms with E-state index in [2.05, 4.69) is 6.58 Å². The van der Waals surface area contributed by atoms with E-state index >= 15 is 0 Å². The Bertz CT molecular complexity index is 138. The second-order valence-corrected chi connectivity index (χ2v) is 2.90. The maximum absolute atomic E-state index is 9.74. The van der Waals surface area contributed by atoms with Crippen LogP contribution in [0.3, 0.4) is 0 Å². The number of aliphatic hydroxyl groups excluding tert-OH is 1. The van der Waals surface area contributed by atoms with E-state index in [4.69, 9.17) is 4.74 Å². The number of hydrogen-bond acceptors (Lipinski definition) is 3. The van der Waals surface area contributed by atoms with Crippen LogP contribution in [0.4, 0.5) is 0 Å². The zero-order chi connectivity index (χ0) is 8.32. The van der Waals surface area contributed by atoms with Gasteiger partial charge in [0.25, 0.3) is 0 Å². The highest BCUT2D eigenvalue weighted by Gasteiger charge is 2.35. The predicted octanol–water partition coefficient (Wildman–Crippen LogP) is 0.0748. The van der Waals surface area contributed by atoms with Crippen LogP contribution in [0.1, 0.15) is 12.8 Å². The van der Waals surface area contributed by atoms with Gasteiger partial charge in [0.1, 0.15) is 6.10 Å². The summed E-state index contributed by atoms with van der Waals surface area (Å²) in [4.78, 5) is 0. The van der Waals surface area contributed by atoms with Gasteiger partial charge >= 0.3 is 0 Å². The summed E-state index contributed by atoms with van der Waals surface area (Å²) in [5.41, 5.74) is -1.00. The molecule has 0 amide bonds. The van der Waals surface area contributed by atoms with Gasteiger partial charge in [0.15, 0.2) is 0 Å². The normalized spacial score (nSPS) is 26.0.